The third kappa shape index (κ3) is 7.41. The second-order valence-electron chi connectivity index (χ2n) is 5.97. The predicted molar refractivity (Wildman–Crippen MR) is 115 cm³/mol. The number of anilines is 1. The molecule has 25 heavy (non-hydrogen) atoms. The standard InChI is InChI=1S/C19H26N4O.HI/c1-23(2)13-16-10-8-15(9-11-16)12-21-19(20)22-18-7-5-4-6-17(18)14-24-3;/h4-11H,12-14H2,1-3H3,(H3,20,21,22);1H. The van der Waals surface area contributed by atoms with Gasteiger partial charge in [-0.1, -0.05) is 42.5 Å². The van der Waals surface area contributed by atoms with Crippen LogP contribution in [0.25, 0.3) is 0 Å². The molecule has 0 atom stereocenters. The van der Waals surface area contributed by atoms with Crippen molar-refractivity contribution < 1.29 is 4.74 Å². The van der Waals surface area contributed by atoms with Crippen LogP contribution < -0.4 is 11.1 Å². The molecule has 5 nitrogen and oxygen atoms in total. The van der Waals surface area contributed by atoms with Crippen LogP contribution in [0.4, 0.5) is 5.69 Å². The first kappa shape index (κ1) is 21.4. The summed E-state index contributed by atoms with van der Waals surface area (Å²) in [5.74, 6) is 0.399. The maximum Gasteiger partial charge on any atom is 0.193 e. The number of halogens is 1. The SMILES string of the molecule is COCc1ccccc1NC(N)=NCc1ccc(CN(C)C)cc1.I. The van der Waals surface area contributed by atoms with Crippen molar-refractivity contribution in [2.75, 3.05) is 26.5 Å². The number of hydrogen-bond donors (Lipinski definition) is 2. The van der Waals surface area contributed by atoms with Crippen molar-refractivity contribution in [2.24, 2.45) is 10.7 Å². The molecule has 2 aromatic carbocycles. The zero-order valence-electron chi connectivity index (χ0n) is 15.0. The van der Waals surface area contributed by atoms with Crippen LogP contribution in [0, 0.1) is 0 Å². The largest absolute Gasteiger partial charge is 0.380 e. The molecule has 2 aromatic rings. The first-order chi connectivity index (χ1) is 11.6. The predicted octanol–water partition coefficient (Wildman–Crippen LogP) is 3.44. The van der Waals surface area contributed by atoms with Crippen molar-refractivity contribution in [3.05, 3.63) is 65.2 Å². The lowest BCUT2D eigenvalue weighted by Gasteiger charge is -2.11. The summed E-state index contributed by atoms with van der Waals surface area (Å²) in [5, 5.41) is 3.14. The Morgan fingerprint density at radius 2 is 1.72 bits per heavy atom. The molecule has 6 heteroatoms. The summed E-state index contributed by atoms with van der Waals surface area (Å²) in [5.41, 5.74) is 10.4. The molecule has 0 amide bonds. The van der Waals surface area contributed by atoms with E-state index >= 15 is 0 Å². The molecule has 0 fully saturated rings. The molecule has 0 bridgehead atoms. The number of nitrogens with two attached hydrogens (primary N) is 1. The lowest BCUT2D eigenvalue weighted by molar-refractivity contribution is 0.185. The summed E-state index contributed by atoms with van der Waals surface area (Å²) in [4.78, 5) is 6.56. The molecule has 0 heterocycles. The second-order valence-corrected chi connectivity index (χ2v) is 5.97. The topological polar surface area (TPSA) is 62.9 Å². The third-order valence-corrected chi connectivity index (χ3v) is 3.53. The molecule has 3 N–H and O–H groups in total. The van der Waals surface area contributed by atoms with Crippen LogP contribution in [-0.4, -0.2) is 32.1 Å². The molecule has 0 aliphatic carbocycles. The molecule has 0 aliphatic heterocycles. The third-order valence-electron chi connectivity index (χ3n) is 3.53. The van der Waals surface area contributed by atoms with E-state index in [0.717, 1.165) is 23.4 Å². The number of aliphatic imine (C=N–C) groups is 1. The number of rotatable bonds is 7. The van der Waals surface area contributed by atoms with Crippen molar-refractivity contribution in [1.29, 1.82) is 0 Å². The maximum atomic E-state index is 6.01. The van der Waals surface area contributed by atoms with Gasteiger partial charge in [0.2, 0.25) is 0 Å². The van der Waals surface area contributed by atoms with Crippen LogP contribution in [-0.2, 0) is 24.4 Å². The van der Waals surface area contributed by atoms with E-state index in [-0.39, 0.29) is 24.0 Å². The maximum absolute atomic E-state index is 6.01. The van der Waals surface area contributed by atoms with E-state index < -0.39 is 0 Å². The number of para-hydroxylation sites is 1. The van der Waals surface area contributed by atoms with Gasteiger partial charge in [0, 0.05) is 24.9 Å². The Morgan fingerprint density at radius 3 is 2.36 bits per heavy atom. The first-order valence-electron chi connectivity index (χ1n) is 7.95. The van der Waals surface area contributed by atoms with Crippen molar-refractivity contribution in [3.63, 3.8) is 0 Å². The Balaban J connectivity index is 0.00000312. The molecule has 0 saturated heterocycles. The Bertz CT molecular complexity index is 671. The number of nitrogens with one attached hydrogen (secondary N) is 1. The average Bonchev–Trinajstić information content (AvgIpc) is 2.56. The van der Waals surface area contributed by atoms with Crippen molar-refractivity contribution in [3.8, 4) is 0 Å². The van der Waals surface area contributed by atoms with Gasteiger partial charge >= 0.3 is 0 Å². The number of benzene rings is 2. The zero-order valence-corrected chi connectivity index (χ0v) is 17.4. The van der Waals surface area contributed by atoms with Crippen LogP contribution >= 0.6 is 24.0 Å². The number of nitrogens with zero attached hydrogens (tertiary/aromatic N) is 2. The fourth-order valence-corrected chi connectivity index (χ4v) is 2.39. The molecule has 2 rings (SSSR count). The highest BCUT2D eigenvalue weighted by Gasteiger charge is 2.02. The summed E-state index contributed by atoms with van der Waals surface area (Å²) in [7, 11) is 5.80. The van der Waals surface area contributed by atoms with E-state index in [2.05, 4.69) is 53.6 Å². The highest BCUT2D eigenvalue weighted by atomic mass is 127. The summed E-state index contributed by atoms with van der Waals surface area (Å²) >= 11 is 0. The van der Waals surface area contributed by atoms with Gasteiger partial charge in [-0.25, -0.2) is 4.99 Å². The summed E-state index contributed by atoms with van der Waals surface area (Å²) in [6, 6.07) is 16.3. The van der Waals surface area contributed by atoms with Gasteiger partial charge in [0.15, 0.2) is 5.96 Å². The fraction of sp³-hybridized carbons (Fsp3) is 0.316. The van der Waals surface area contributed by atoms with Crippen LogP contribution in [0.5, 0.6) is 0 Å². The second kappa shape index (κ2) is 11.1. The highest BCUT2D eigenvalue weighted by molar-refractivity contribution is 14.0. The quantitative estimate of drug-likeness (QED) is 0.382. The van der Waals surface area contributed by atoms with Crippen LogP contribution in [0.2, 0.25) is 0 Å². The van der Waals surface area contributed by atoms with Gasteiger partial charge in [-0.2, -0.15) is 0 Å². The minimum Gasteiger partial charge on any atom is -0.380 e. The summed E-state index contributed by atoms with van der Waals surface area (Å²) < 4.78 is 5.19. The molecular weight excluding hydrogens is 427 g/mol. The van der Waals surface area contributed by atoms with Crippen LogP contribution in [0.3, 0.4) is 0 Å². The van der Waals surface area contributed by atoms with E-state index in [0.29, 0.717) is 19.1 Å². The van der Waals surface area contributed by atoms with E-state index in [1.165, 1.54) is 5.56 Å². The number of methoxy groups -OCH3 is 1. The highest BCUT2D eigenvalue weighted by Crippen LogP contribution is 2.15. The van der Waals surface area contributed by atoms with E-state index in [4.69, 9.17) is 10.5 Å². The Morgan fingerprint density at radius 1 is 1.08 bits per heavy atom. The first-order valence-corrected chi connectivity index (χ1v) is 7.95. The monoisotopic (exact) mass is 454 g/mol. The zero-order chi connectivity index (χ0) is 17.4. The molecule has 0 unspecified atom stereocenters. The minimum absolute atomic E-state index is 0. The van der Waals surface area contributed by atoms with Gasteiger partial charge in [-0.05, 0) is 31.3 Å². The van der Waals surface area contributed by atoms with Crippen molar-refractivity contribution >= 4 is 35.6 Å². The van der Waals surface area contributed by atoms with Gasteiger partial charge < -0.3 is 20.7 Å². The van der Waals surface area contributed by atoms with Gasteiger partial charge in [-0.3, -0.25) is 0 Å². The van der Waals surface area contributed by atoms with Gasteiger partial charge in [0.25, 0.3) is 0 Å². The normalized spacial score (nSPS) is 11.3. The van der Waals surface area contributed by atoms with E-state index in [1.54, 1.807) is 7.11 Å². The van der Waals surface area contributed by atoms with Crippen LogP contribution in [0.15, 0.2) is 53.5 Å². The van der Waals surface area contributed by atoms with Crippen molar-refractivity contribution in [2.45, 2.75) is 19.7 Å². The summed E-state index contributed by atoms with van der Waals surface area (Å²) in [6.45, 7) is 2.01. The molecule has 0 spiro atoms. The van der Waals surface area contributed by atoms with Crippen molar-refractivity contribution in [1.82, 2.24) is 4.90 Å². The summed E-state index contributed by atoms with van der Waals surface area (Å²) in [6.07, 6.45) is 0. The Hall–Kier alpha value is -1.64. The van der Waals surface area contributed by atoms with Crippen LogP contribution in [0.1, 0.15) is 16.7 Å². The lowest BCUT2D eigenvalue weighted by Crippen LogP contribution is -2.23. The number of guanidine groups is 1. The molecular formula is C19H27IN4O. The van der Waals surface area contributed by atoms with E-state index in [1.807, 2.05) is 24.3 Å². The van der Waals surface area contributed by atoms with E-state index in [9.17, 15) is 0 Å². The molecule has 0 saturated carbocycles. The van der Waals surface area contributed by atoms with Gasteiger partial charge in [0.1, 0.15) is 0 Å². The smallest absolute Gasteiger partial charge is 0.193 e. The fourth-order valence-electron chi connectivity index (χ4n) is 2.39. The van der Waals surface area contributed by atoms with Gasteiger partial charge in [-0.15, -0.1) is 24.0 Å². The number of ether oxygens (including phenoxy) is 1. The molecule has 136 valence electrons. The Labute approximate surface area is 167 Å². The molecule has 0 aromatic heterocycles. The lowest BCUT2D eigenvalue weighted by atomic mass is 10.1. The number of hydrogen-bond acceptors (Lipinski definition) is 3. The molecule has 0 aliphatic rings. The molecule has 0 radical (unpaired) electrons. The minimum atomic E-state index is 0. The Kier molecular flexibility index (Phi) is 9.48. The average molecular weight is 454 g/mol. The van der Waals surface area contributed by atoms with Gasteiger partial charge in [0.05, 0.1) is 13.2 Å².